The summed E-state index contributed by atoms with van der Waals surface area (Å²) in [6, 6.07) is 0. The van der Waals surface area contributed by atoms with E-state index in [2.05, 4.69) is 0 Å². The topological polar surface area (TPSA) is 51.2 Å². The monoisotopic (exact) mass is 178 g/mol. The number of carbonyl (C=O) groups excluding carboxylic acids is 1. The molecule has 0 fully saturated rings. The Morgan fingerprint density at radius 3 is 2.09 bits per heavy atom. The van der Waals surface area contributed by atoms with Crippen molar-refractivity contribution in [3.63, 3.8) is 0 Å². The number of rotatable bonds is 4. The van der Waals surface area contributed by atoms with Crippen LogP contribution in [0, 0.1) is 5.92 Å². The van der Waals surface area contributed by atoms with Crippen LogP contribution in [0.2, 0.25) is 0 Å². The van der Waals surface area contributed by atoms with Crippen molar-refractivity contribution in [2.75, 3.05) is 11.5 Å². The maximum absolute atomic E-state index is 11.0. The molecule has 3 nitrogen and oxygen atoms in total. The fraction of sp³-hybridized carbons (Fsp3) is 0.857. The van der Waals surface area contributed by atoms with Gasteiger partial charge in [0.1, 0.15) is 11.5 Å². The lowest BCUT2D eigenvalue weighted by Crippen LogP contribution is -2.19. The van der Waals surface area contributed by atoms with Crippen LogP contribution >= 0.6 is 0 Å². The summed E-state index contributed by atoms with van der Waals surface area (Å²) < 4.78 is 22.1. The highest BCUT2D eigenvalue weighted by Gasteiger charge is 2.14. The first kappa shape index (κ1) is 10.6. The van der Waals surface area contributed by atoms with E-state index in [0.717, 1.165) is 0 Å². The van der Waals surface area contributed by atoms with E-state index in [1.54, 1.807) is 0 Å². The van der Waals surface area contributed by atoms with Crippen LogP contribution in [0.15, 0.2) is 0 Å². The smallest absolute Gasteiger partial charge is 0.157 e. The molecule has 11 heavy (non-hydrogen) atoms. The van der Waals surface area contributed by atoms with E-state index in [-0.39, 0.29) is 23.2 Å². The van der Waals surface area contributed by atoms with Gasteiger partial charge < -0.3 is 0 Å². The zero-order valence-corrected chi connectivity index (χ0v) is 7.94. The van der Waals surface area contributed by atoms with Crippen LogP contribution in [0.1, 0.15) is 20.8 Å². The molecule has 0 atom stereocenters. The van der Waals surface area contributed by atoms with E-state index in [1.165, 1.54) is 6.92 Å². The molecule has 0 rings (SSSR count). The summed E-state index contributed by atoms with van der Waals surface area (Å²) in [6.45, 7) is 4.92. The summed E-state index contributed by atoms with van der Waals surface area (Å²) in [5.74, 6) is -0.400. The van der Waals surface area contributed by atoms with Crippen molar-refractivity contribution in [1.29, 1.82) is 0 Å². The molecule has 0 aliphatic rings. The minimum Gasteiger partial charge on any atom is -0.299 e. The standard InChI is InChI=1S/C7H14O3S/c1-6(2)4-11(9,10)5-7(3)8/h6H,4-5H2,1-3H3. The first-order valence-corrected chi connectivity index (χ1v) is 5.35. The number of carbonyl (C=O) groups is 1. The predicted molar refractivity (Wildman–Crippen MR) is 44.2 cm³/mol. The molecule has 0 N–H and O–H groups in total. The fourth-order valence-corrected chi connectivity index (χ4v) is 2.63. The molecular formula is C7H14O3S. The zero-order chi connectivity index (χ0) is 9.07. The Labute approximate surface area is 67.7 Å². The lowest BCUT2D eigenvalue weighted by molar-refractivity contribution is -0.114. The van der Waals surface area contributed by atoms with Gasteiger partial charge in [-0.05, 0) is 12.8 Å². The second kappa shape index (κ2) is 3.85. The summed E-state index contributed by atoms with van der Waals surface area (Å²) >= 11 is 0. The van der Waals surface area contributed by atoms with Crippen molar-refractivity contribution in [2.45, 2.75) is 20.8 Å². The Morgan fingerprint density at radius 1 is 1.36 bits per heavy atom. The SMILES string of the molecule is CC(=O)CS(=O)(=O)CC(C)C. The molecular weight excluding hydrogens is 164 g/mol. The largest absolute Gasteiger partial charge is 0.299 e. The summed E-state index contributed by atoms with van der Waals surface area (Å²) in [5.41, 5.74) is 0. The van der Waals surface area contributed by atoms with Crippen LogP contribution in [-0.2, 0) is 14.6 Å². The van der Waals surface area contributed by atoms with Crippen LogP contribution in [0.3, 0.4) is 0 Å². The molecule has 66 valence electrons. The first-order valence-electron chi connectivity index (χ1n) is 3.53. The third-order valence-corrected chi connectivity index (χ3v) is 3.03. The molecule has 0 saturated carbocycles. The van der Waals surface area contributed by atoms with Gasteiger partial charge in [-0.1, -0.05) is 13.8 Å². The molecule has 0 spiro atoms. The highest BCUT2D eigenvalue weighted by atomic mass is 32.2. The van der Waals surface area contributed by atoms with Crippen molar-refractivity contribution in [3.8, 4) is 0 Å². The second-order valence-electron chi connectivity index (χ2n) is 3.15. The van der Waals surface area contributed by atoms with Gasteiger partial charge in [-0.2, -0.15) is 0 Å². The first-order chi connectivity index (χ1) is 4.83. The number of sulfone groups is 1. The molecule has 0 bridgehead atoms. The van der Waals surface area contributed by atoms with E-state index in [0.29, 0.717) is 0 Å². The fourth-order valence-electron chi connectivity index (χ4n) is 0.876. The summed E-state index contributed by atoms with van der Waals surface area (Å²) in [6.07, 6.45) is 0. The lowest BCUT2D eigenvalue weighted by atomic mass is 10.3. The zero-order valence-electron chi connectivity index (χ0n) is 7.12. The van der Waals surface area contributed by atoms with Crippen LogP contribution in [0.25, 0.3) is 0 Å². The molecule has 0 aliphatic carbocycles. The van der Waals surface area contributed by atoms with Crippen molar-refractivity contribution in [2.24, 2.45) is 5.92 Å². The lowest BCUT2D eigenvalue weighted by Gasteiger charge is -2.03. The van der Waals surface area contributed by atoms with Crippen LogP contribution in [0.5, 0.6) is 0 Å². The van der Waals surface area contributed by atoms with Gasteiger partial charge in [0, 0.05) is 0 Å². The van der Waals surface area contributed by atoms with Crippen molar-refractivity contribution in [3.05, 3.63) is 0 Å². The Kier molecular flexibility index (Phi) is 3.72. The van der Waals surface area contributed by atoms with Gasteiger partial charge in [0.25, 0.3) is 0 Å². The molecule has 0 amide bonds. The quantitative estimate of drug-likeness (QED) is 0.635. The highest BCUT2D eigenvalue weighted by molar-refractivity contribution is 7.92. The molecule has 0 aromatic heterocycles. The third-order valence-electron chi connectivity index (χ3n) is 1.01. The van der Waals surface area contributed by atoms with Crippen LogP contribution < -0.4 is 0 Å². The number of hydrogen-bond acceptors (Lipinski definition) is 3. The van der Waals surface area contributed by atoms with Gasteiger partial charge in [0.05, 0.1) is 5.75 Å². The van der Waals surface area contributed by atoms with E-state index in [4.69, 9.17) is 0 Å². The van der Waals surface area contributed by atoms with E-state index in [1.807, 2.05) is 13.8 Å². The van der Waals surface area contributed by atoms with E-state index in [9.17, 15) is 13.2 Å². The third kappa shape index (κ3) is 6.04. The van der Waals surface area contributed by atoms with Gasteiger partial charge in [-0.25, -0.2) is 8.42 Å². The number of Topliss-reactive ketones (excluding diaryl/α,β-unsaturated/α-hetero) is 1. The Balaban J connectivity index is 4.14. The van der Waals surface area contributed by atoms with Gasteiger partial charge in [0.2, 0.25) is 0 Å². The number of ketones is 1. The van der Waals surface area contributed by atoms with Gasteiger partial charge >= 0.3 is 0 Å². The Bertz CT molecular complexity index is 226. The molecule has 0 saturated heterocycles. The average Bonchev–Trinajstić information content (AvgIpc) is 1.53. The van der Waals surface area contributed by atoms with Gasteiger partial charge in [-0.3, -0.25) is 4.79 Å². The van der Waals surface area contributed by atoms with Gasteiger partial charge in [0.15, 0.2) is 9.84 Å². The van der Waals surface area contributed by atoms with E-state index >= 15 is 0 Å². The molecule has 0 aliphatic heterocycles. The van der Waals surface area contributed by atoms with Crippen molar-refractivity contribution < 1.29 is 13.2 Å². The van der Waals surface area contributed by atoms with Crippen molar-refractivity contribution in [1.82, 2.24) is 0 Å². The molecule has 0 aromatic carbocycles. The minimum atomic E-state index is -3.13. The summed E-state index contributed by atoms with van der Waals surface area (Å²) in [7, 11) is -3.13. The molecule has 0 unspecified atom stereocenters. The van der Waals surface area contributed by atoms with Gasteiger partial charge in [-0.15, -0.1) is 0 Å². The molecule has 4 heteroatoms. The second-order valence-corrected chi connectivity index (χ2v) is 5.26. The van der Waals surface area contributed by atoms with E-state index < -0.39 is 9.84 Å². The highest BCUT2D eigenvalue weighted by Crippen LogP contribution is 2.00. The summed E-state index contributed by atoms with van der Waals surface area (Å²) in [4.78, 5) is 10.5. The molecule has 0 radical (unpaired) electrons. The minimum absolute atomic E-state index is 0.0966. The van der Waals surface area contributed by atoms with Crippen LogP contribution in [0.4, 0.5) is 0 Å². The predicted octanol–water partition coefficient (Wildman–Crippen LogP) is 0.646. The van der Waals surface area contributed by atoms with Crippen LogP contribution in [-0.4, -0.2) is 25.7 Å². The molecule has 0 heterocycles. The summed E-state index contributed by atoms with van der Waals surface area (Å²) in [5, 5.41) is 0. The Morgan fingerprint density at radius 2 is 1.82 bits per heavy atom. The van der Waals surface area contributed by atoms with Crippen molar-refractivity contribution >= 4 is 15.6 Å². The maximum Gasteiger partial charge on any atom is 0.157 e. The number of hydrogen-bond donors (Lipinski definition) is 0. The Hall–Kier alpha value is -0.380. The molecule has 0 aromatic rings. The normalized spacial score (nSPS) is 12.0. The maximum atomic E-state index is 11.0. The average molecular weight is 178 g/mol.